The van der Waals surface area contributed by atoms with Gasteiger partial charge in [0.1, 0.15) is 6.04 Å². The molecule has 0 spiro atoms. The number of anilines is 1. The molecule has 1 unspecified atom stereocenters. The highest BCUT2D eigenvalue weighted by atomic mass is 35.5. The standard InChI is InChI=1S/C13H13ClN4O/c1-6-11(14)7(2)18(17-6)8-3-4-9-10(5-8)16-13(19)12(9)15/h3-5,12H,15H2,1-2H3,(H,16,19). The van der Waals surface area contributed by atoms with Crippen LogP contribution in [0.5, 0.6) is 0 Å². The number of fused-ring (bicyclic) bond motifs is 1. The minimum Gasteiger partial charge on any atom is -0.324 e. The summed E-state index contributed by atoms with van der Waals surface area (Å²) in [4.78, 5) is 11.5. The number of nitrogens with zero attached hydrogens (tertiary/aromatic N) is 2. The van der Waals surface area contributed by atoms with Crippen LogP contribution in [0.4, 0.5) is 5.69 Å². The Morgan fingerprint density at radius 3 is 2.79 bits per heavy atom. The fourth-order valence-electron chi connectivity index (χ4n) is 2.28. The first kappa shape index (κ1) is 12.2. The fourth-order valence-corrected chi connectivity index (χ4v) is 2.40. The van der Waals surface area contributed by atoms with Gasteiger partial charge in [-0.25, -0.2) is 4.68 Å². The third-order valence-electron chi connectivity index (χ3n) is 3.36. The van der Waals surface area contributed by atoms with Gasteiger partial charge in [-0.3, -0.25) is 4.79 Å². The Labute approximate surface area is 115 Å². The molecule has 19 heavy (non-hydrogen) atoms. The van der Waals surface area contributed by atoms with Gasteiger partial charge in [0.15, 0.2) is 0 Å². The summed E-state index contributed by atoms with van der Waals surface area (Å²) in [5, 5.41) is 7.80. The molecule has 3 rings (SSSR count). The molecule has 0 aliphatic carbocycles. The first-order valence-corrected chi connectivity index (χ1v) is 6.29. The average molecular weight is 277 g/mol. The maximum atomic E-state index is 11.5. The first-order valence-electron chi connectivity index (χ1n) is 5.91. The summed E-state index contributed by atoms with van der Waals surface area (Å²) in [5.74, 6) is -0.182. The summed E-state index contributed by atoms with van der Waals surface area (Å²) in [7, 11) is 0. The molecule has 1 atom stereocenters. The molecule has 0 bridgehead atoms. The number of amides is 1. The molecule has 1 aromatic heterocycles. The zero-order valence-corrected chi connectivity index (χ0v) is 11.3. The van der Waals surface area contributed by atoms with E-state index >= 15 is 0 Å². The van der Waals surface area contributed by atoms with Crippen molar-refractivity contribution in [1.29, 1.82) is 0 Å². The minimum absolute atomic E-state index is 0.182. The zero-order valence-electron chi connectivity index (χ0n) is 10.6. The Hall–Kier alpha value is -1.85. The Morgan fingerprint density at radius 1 is 1.42 bits per heavy atom. The van der Waals surface area contributed by atoms with E-state index < -0.39 is 6.04 Å². The van der Waals surface area contributed by atoms with E-state index in [1.807, 2.05) is 32.0 Å². The van der Waals surface area contributed by atoms with Gasteiger partial charge in [0.2, 0.25) is 5.91 Å². The minimum atomic E-state index is -0.590. The van der Waals surface area contributed by atoms with Gasteiger partial charge in [-0.2, -0.15) is 5.10 Å². The number of hydrogen-bond acceptors (Lipinski definition) is 3. The van der Waals surface area contributed by atoms with Crippen molar-refractivity contribution < 1.29 is 4.79 Å². The van der Waals surface area contributed by atoms with E-state index in [4.69, 9.17) is 17.3 Å². The zero-order chi connectivity index (χ0) is 13.7. The molecule has 1 aliphatic rings. The van der Waals surface area contributed by atoms with E-state index in [9.17, 15) is 4.79 Å². The fraction of sp³-hybridized carbons (Fsp3) is 0.231. The van der Waals surface area contributed by atoms with Crippen molar-refractivity contribution in [2.75, 3.05) is 5.32 Å². The van der Waals surface area contributed by atoms with Crippen molar-refractivity contribution in [3.8, 4) is 5.69 Å². The lowest BCUT2D eigenvalue weighted by molar-refractivity contribution is -0.116. The van der Waals surface area contributed by atoms with E-state index in [0.717, 1.165) is 28.3 Å². The van der Waals surface area contributed by atoms with Crippen molar-refractivity contribution in [2.45, 2.75) is 19.9 Å². The van der Waals surface area contributed by atoms with Gasteiger partial charge in [0.25, 0.3) is 0 Å². The number of aryl methyl sites for hydroxylation is 1. The smallest absolute Gasteiger partial charge is 0.245 e. The van der Waals surface area contributed by atoms with Gasteiger partial charge in [0, 0.05) is 11.3 Å². The summed E-state index contributed by atoms with van der Waals surface area (Å²) in [5.41, 5.74) is 9.82. The van der Waals surface area contributed by atoms with Crippen molar-refractivity contribution in [3.63, 3.8) is 0 Å². The van der Waals surface area contributed by atoms with Crippen LogP contribution in [0, 0.1) is 13.8 Å². The van der Waals surface area contributed by atoms with Crippen LogP contribution in [-0.4, -0.2) is 15.7 Å². The lowest BCUT2D eigenvalue weighted by atomic mass is 10.1. The van der Waals surface area contributed by atoms with Crippen molar-refractivity contribution in [2.24, 2.45) is 5.73 Å². The lowest BCUT2D eigenvalue weighted by Crippen LogP contribution is -2.19. The maximum Gasteiger partial charge on any atom is 0.245 e. The molecule has 3 N–H and O–H groups in total. The van der Waals surface area contributed by atoms with E-state index in [1.54, 1.807) is 4.68 Å². The highest BCUT2D eigenvalue weighted by Crippen LogP contribution is 2.32. The summed E-state index contributed by atoms with van der Waals surface area (Å²) < 4.78 is 1.76. The summed E-state index contributed by atoms with van der Waals surface area (Å²) in [6, 6.07) is 5.00. The van der Waals surface area contributed by atoms with Gasteiger partial charge in [-0.1, -0.05) is 17.7 Å². The molecule has 1 amide bonds. The van der Waals surface area contributed by atoms with E-state index in [1.165, 1.54) is 0 Å². The molecule has 0 saturated carbocycles. The summed E-state index contributed by atoms with van der Waals surface area (Å²) in [6.07, 6.45) is 0. The van der Waals surface area contributed by atoms with Crippen molar-refractivity contribution >= 4 is 23.2 Å². The van der Waals surface area contributed by atoms with Crippen LogP contribution in [0.3, 0.4) is 0 Å². The molecule has 5 nitrogen and oxygen atoms in total. The predicted molar refractivity (Wildman–Crippen MR) is 73.6 cm³/mol. The molecule has 0 saturated heterocycles. The van der Waals surface area contributed by atoms with Crippen LogP contribution >= 0.6 is 11.6 Å². The quantitative estimate of drug-likeness (QED) is 0.838. The second-order valence-electron chi connectivity index (χ2n) is 4.64. The Balaban J connectivity index is 2.11. The van der Waals surface area contributed by atoms with Gasteiger partial charge < -0.3 is 11.1 Å². The monoisotopic (exact) mass is 276 g/mol. The third kappa shape index (κ3) is 1.74. The lowest BCUT2D eigenvalue weighted by Gasteiger charge is -2.07. The molecule has 0 radical (unpaired) electrons. The highest BCUT2D eigenvalue weighted by Gasteiger charge is 2.27. The number of hydrogen-bond donors (Lipinski definition) is 2. The normalized spacial score (nSPS) is 17.5. The molecule has 1 aliphatic heterocycles. The Kier molecular flexibility index (Phi) is 2.62. The third-order valence-corrected chi connectivity index (χ3v) is 3.91. The number of rotatable bonds is 1. The van der Waals surface area contributed by atoms with Crippen LogP contribution in [-0.2, 0) is 4.79 Å². The van der Waals surface area contributed by atoms with Crippen molar-refractivity contribution in [3.05, 3.63) is 40.2 Å². The van der Waals surface area contributed by atoms with E-state index in [2.05, 4.69) is 10.4 Å². The largest absolute Gasteiger partial charge is 0.324 e. The molecule has 6 heteroatoms. The van der Waals surface area contributed by atoms with Gasteiger partial charge >= 0.3 is 0 Å². The van der Waals surface area contributed by atoms with Crippen molar-refractivity contribution in [1.82, 2.24) is 9.78 Å². The predicted octanol–water partition coefficient (Wildman–Crippen LogP) is 2.09. The molecule has 1 aromatic carbocycles. The summed E-state index contributed by atoms with van der Waals surface area (Å²) in [6.45, 7) is 3.76. The number of carbonyl (C=O) groups excluding carboxylic acids is 1. The number of nitrogens with two attached hydrogens (primary N) is 1. The van der Waals surface area contributed by atoms with Crippen LogP contribution in [0.15, 0.2) is 18.2 Å². The summed E-state index contributed by atoms with van der Waals surface area (Å²) >= 11 is 6.14. The number of halogens is 1. The average Bonchev–Trinajstić information content (AvgIpc) is 2.81. The molecular weight excluding hydrogens is 264 g/mol. The number of nitrogens with one attached hydrogen (secondary N) is 1. The first-order chi connectivity index (χ1) is 8.99. The second-order valence-corrected chi connectivity index (χ2v) is 5.01. The highest BCUT2D eigenvalue weighted by molar-refractivity contribution is 6.31. The molecule has 0 fully saturated rings. The van der Waals surface area contributed by atoms with E-state index in [0.29, 0.717) is 5.02 Å². The number of aromatic nitrogens is 2. The van der Waals surface area contributed by atoms with Crippen LogP contribution in [0.2, 0.25) is 5.02 Å². The number of benzene rings is 1. The second kappa shape index (κ2) is 4.08. The van der Waals surface area contributed by atoms with E-state index in [-0.39, 0.29) is 5.91 Å². The molecule has 98 valence electrons. The van der Waals surface area contributed by atoms with Crippen LogP contribution < -0.4 is 11.1 Å². The molecule has 2 heterocycles. The molecular formula is C13H13ClN4O. The number of carbonyl (C=O) groups is 1. The van der Waals surface area contributed by atoms with Crippen LogP contribution in [0.1, 0.15) is 23.0 Å². The Morgan fingerprint density at radius 2 is 2.16 bits per heavy atom. The van der Waals surface area contributed by atoms with Gasteiger partial charge in [-0.15, -0.1) is 0 Å². The van der Waals surface area contributed by atoms with Gasteiger partial charge in [-0.05, 0) is 26.0 Å². The van der Waals surface area contributed by atoms with Gasteiger partial charge in [0.05, 0.1) is 22.1 Å². The maximum absolute atomic E-state index is 11.5. The Bertz CT molecular complexity index is 692. The SMILES string of the molecule is Cc1nn(-c2ccc3c(c2)NC(=O)C3N)c(C)c1Cl. The molecule has 2 aromatic rings. The van der Waals surface area contributed by atoms with Crippen LogP contribution in [0.25, 0.3) is 5.69 Å². The topological polar surface area (TPSA) is 72.9 Å².